The highest BCUT2D eigenvalue weighted by atomic mass is 16.5. The number of rotatable bonds is 3. The van der Waals surface area contributed by atoms with E-state index in [4.69, 9.17) is 4.74 Å². The molecule has 6 nitrogen and oxygen atoms in total. The summed E-state index contributed by atoms with van der Waals surface area (Å²) in [6.07, 6.45) is 0.809. The maximum atomic E-state index is 12.0. The largest absolute Gasteiger partial charge is 0.491 e. The number of fused-ring (bicyclic) bond motifs is 1. The van der Waals surface area contributed by atoms with Gasteiger partial charge in [0.05, 0.1) is 6.04 Å². The van der Waals surface area contributed by atoms with Gasteiger partial charge < -0.3 is 25.2 Å². The van der Waals surface area contributed by atoms with Crippen LogP contribution in [0, 0.1) is 0 Å². The lowest BCUT2D eigenvalue weighted by Gasteiger charge is -2.37. The van der Waals surface area contributed by atoms with Gasteiger partial charge in [-0.15, -0.1) is 0 Å². The maximum Gasteiger partial charge on any atom is 0.315 e. The van der Waals surface area contributed by atoms with Crippen molar-refractivity contribution >= 4 is 11.7 Å². The van der Waals surface area contributed by atoms with Crippen molar-refractivity contribution < 1.29 is 9.53 Å². The molecule has 0 bridgehead atoms. The van der Waals surface area contributed by atoms with Gasteiger partial charge in [-0.2, -0.15) is 0 Å². The second kappa shape index (κ2) is 7.30. The number of carbonyl (C=O) groups is 1. The van der Waals surface area contributed by atoms with Crippen molar-refractivity contribution in [3.8, 4) is 5.75 Å². The van der Waals surface area contributed by atoms with E-state index in [0.29, 0.717) is 6.61 Å². The lowest BCUT2D eigenvalue weighted by atomic mass is 9.99. The summed E-state index contributed by atoms with van der Waals surface area (Å²) in [6, 6.07) is 6.27. The van der Waals surface area contributed by atoms with Gasteiger partial charge in [-0.3, -0.25) is 0 Å². The molecule has 0 unspecified atom stereocenters. The average Bonchev–Trinajstić information content (AvgIpc) is 2.54. The number of carbonyl (C=O) groups excluding carboxylic acids is 1. The third kappa shape index (κ3) is 3.93. The van der Waals surface area contributed by atoms with E-state index in [1.165, 1.54) is 11.3 Å². The Morgan fingerprint density at radius 1 is 1.25 bits per heavy atom. The van der Waals surface area contributed by atoms with Crippen LogP contribution < -0.4 is 20.3 Å². The van der Waals surface area contributed by atoms with Gasteiger partial charge in [0.25, 0.3) is 0 Å². The van der Waals surface area contributed by atoms with E-state index >= 15 is 0 Å². The highest BCUT2D eigenvalue weighted by molar-refractivity contribution is 5.74. The Morgan fingerprint density at radius 2 is 2.00 bits per heavy atom. The number of urea groups is 1. The number of amides is 2. The number of anilines is 1. The third-order valence-corrected chi connectivity index (χ3v) is 4.60. The van der Waals surface area contributed by atoms with E-state index in [0.717, 1.165) is 38.3 Å². The van der Waals surface area contributed by atoms with Crippen LogP contribution in [0.5, 0.6) is 5.75 Å². The van der Waals surface area contributed by atoms with Crippen LogP contribution in [-0.4, -0.2) is 62.8 Å². The first-order chi connectivity index (χ1) is 11.5. The summed E-state index contributed by atoms with van der Waals surface area (Å²) in [4.78, 5) is 16.7. The number of ether oxygens (including phenoxy) is 1. The SMILES string of the molecule is CC(C)NC(=O)N[C@@H]1COc2cccc(N3CCN(C)CC3)c2C1. The Balaban J connectivity index is 1.71. The number of nitrogens with zero attached hydrogens (tertiary/aromatic N) is 2. The third-order valence-electron chi connectivity index (χ3n) is 4.60. The van der Waals surface area contributed by atoms with Crippen molar-refractivity contribution in [2.24, 2.45) is 0 Å². The molecule has 2 N–H and O–H groups in total. The summed E-state index contributed by atoms with van der Waals surface area (Å²) in [5, 5.41) is 5.90. The molecule has 0 radical (unpaired) electrons. The van der Waals surface area contributed by atoms with E-state index in [1.54, 1.807) is 0 Å². The summed E-state index contributed by atoms with van der Waals surface area (Å²) in [6.45, 7) is 8.63. The minimum absolute atomic E-state index is 0.00450. The fourth-order valence-corrected chi connectivity index (χ4v) is 3.32. The molecule has 6 heteroatoms. The predicted molar refractivity (Wildman–Crippen MR) is 95.9 cm³/mol. The van der Waals surface area contributed by atoms with Gasteiger partial charge in [0, 0.05) is 49.9 Å². The molecule has 2 heterocycles. The first kappa shape index (κ1) is 16.9. The van der Waals surface area contributed by atoms with Crippen molar-refractivity contribution in [1.82, 2.24) is 15.5 Å². The Hall–Kier alpha value is -1.95. The highest BCUT2D eigenvalue weighted by Gasteiger charge is 2.26. The molecule has 2 aliphatic rings. The topological polar surface area (TPSA) is 56.8 Å². The van der Waals surface area contributed by atoms with Crippen LogP contribution in [0.2, 0.25) is 0 Å². The van der Waals surface area contributed by atoms with Crippen molar-refractivity contribution in [3.05, 3.63) is 23.8 Å². The number of likely N-dealkylation sites (N-methyl/N-ethyl adjacent to an activating group) is 1. The summed E-state index contributed by atoms with van der Waals surface area (Å²) >= 11 is 0. The minimum atomic E-state index is -0.126. The second-order valence-corrected chi connectivity index (χ2v) is 7.03. The first-order valence-corrected chi connectivity index (χ1v) is 8.78. The van der Waals surface area contributed by atoms with Crippen LogP contribution in [-0.2, 0) is 6.42 Å². The number of nitrogens with one attached hydrogen (secondary N) is 2. The summed E-state index contributed by atoms with van der Waals surface area (Å²) in [5.41, 5.74) is 2.46. The van der Waals surface area contributed by atoms with Crippen molar-refractivity contribution in [2.75, 3.05) is 44.7 Å². The fourth-order valence-electron chi connectivity index (χ4n) is 3.32. The number of hydrogen-bond donors (Lipinski definition) is 2. The Morgan fingerprint density at radius 3 is 2.71 bits per heavy atom. The van der Waals surface area contributed by atoms with Gasteiger partial charge in [0.2, 0.25) is 0 Å². The van der Waals surface area contributed by atoms with Crippen LogP contribution >= 0.6 is 0 Å². The summed E-state index contributed by atoms with van der Waals surface area (Å²) in [7, 11) is 2.16. The van der Waals surface area contributed by atoms with Crippen LogP contribution in [0.4, 0.5) is 10.5 Å². The fraction of sp³-hybridized carbons (Fsp3) is 0.611. The average molecular weight is 332 g/mol. The Labute approximate surface area is 144 Å². The molecule has 24 heavy (non-hydrogen) atoms. The van der Waals surface area contributed by atoms with E-state index in [2.05, 4.69) is 39.6 Å². The Kier molecular flexibility index (Phi) is 5.14. The van der Waals surface area contributed by atoms with Crippen LogP contribution in [0.15, 0.2) is 18.2 Å². The zero-order valence-electron chi connectivity index (χ0n) is 14.8. The van der Waals surface area contributed by atoms with Crippen LogP contribution in [0.25, 0.3) is 0 Å². The predicted octanol–water partition coefficient (Wildman–Crippen LogP) is 1.45. The number of benzene rings is 1. The molecule has 0 aromatic heterocycles. The monoisotopic (exact) mass is 332 g/mol. The maximum absolute atomic E-state index is 12.0. The van der Waals surface area contributed by atoms with Crippen LogP contribution in [0.3, 0.4) is 0 Å². The zero-order valence-corrected chi connectivity index (χ0v) is 14.8. The lowest BCUT2D eigenvalue weighted by molar-refractivity contribution is 0.213. The van der Waals surface area contributed by atoms with Crippen molar-refractivity contribution in [1.29, 1.82) is 0 Å². The lowest BCUT2D eigenvalue weighted by Crippen LogP contribution is -2.49. The highest BCUT2D eigenvalue weighted by Crippen LogP contribution is 2.34. The van der Waals surface area contributed by atoms with Gasteiger partial charge in [0.1, 0.15) is 12.4 Å². The van der Waals surface area contributed by atoms with Crippen molar-refractivity contribution in [3.63, 3.8) is 0 Å². The molecule has 1 saturated heterocycles. The van der Waals surface area contributed by atoms with Crippen molar-refractivity contribution in [2.45, 2.75) is 32.4 Å². The molecule has 0 aliphatic carbocycles. The first-order valence-electron chi connectivity index (χ1n) is 8.78. The zero-order chi connectivity index (χ0) is 17.1. The van der Waals surface area contributed by atoms with Gasteiger partial charge in [-0.25, -0.2) is 4.79 Å². The Bertz CT molecular complexity index is 582. The number of hydrogen-bond acceptors (Lipinski definition) is 4. The molecule has 132 valence electrons. The number of piperazine rings is 1. The smallest absolute Gasteiger partial charge is 0.315 e. The molecule has 1 atom stereocenters. The molecule has 3 rings (SSSR count). The molecular weight excluding hydrogens is 304 g/mol. The van der Waals surface area contributed by atoms with Gasteiger partial charge >= 0.3 is 6.03 Å². The second-order valence-electron chi connectivity index (χ2n) is 7.03. The molecule has 0 spiro atoms. The molecule has 2 aliphatic heterocycles. The summed E-state index contributed by atoms with van der Waals surface area (Å²) in [5.74, 6) is 0.953. The summed E-state index contributed by atoms with van der Waals surface area (Å²) < 4.78 is 5.91. The molecule has 1 fully saturated rings. The quantitative estimate of drug-likeness (QED) is 0.880. The molecule has 2 amide bonds. The van der Waals surface area contributed by atoms with Crippen LogP contribution in [0.1, 0.15) is 19.4 Å². The molecule has 0 saturated carbocycles. The molecular formula is C18H28N4O2. The van der Waals surface area contributed by atoms with Gasteiger partial charge in [-0.1, -0.05) is 6.07 Å². The standard InChI is InChI=1S/C18H28N4O2/c1-13(2)19-18(23)20-14-11-15-16(5-4-6-17(15)24-12-14)22-9-7-21(3)8-10-22/h4-6,13-14H,7-12H2,1-3H3,(H2,19,20,23)/t14-/m0/s1. The van der Waals surface area contributed by atoms with E-state index in [9.17, 15) is 4.79 Å². The molecule has 1 aromatic carbocycles. The van der Waals surface area contributed by atoms with E-state index < -0.39 is 0 Å². The van der Waals surface area contributed by atoms with Gasteiger partial charge in [-0.05, 0) is 33.0 Å². The van der Waals surface area contributed by atoms with E-state index in [-0.39, 0.29) is 18.1 Å². The van der Waals surface area contributed by atoms with Gasteiger partial charge in [0.15, 0.2) is 0 Å². The van der Waals surface area contributed by atoms with E-state index in [1.807, 2.05) is 19.9 Å². The minimum Gasteiger partial charge on any atom is -0.491 e. The normalized spacial score (nSPS) is 21.2. The molecule has 1 aromatic rings.